The molecule has 0 aromatic heterocycles. The van der Waals surface area contributed by atoms with Crippen LogP contribution in [0.15, 0.2) is 36.4 Å². The van der Waals surface area contributed by atoms with E-state index in [1.54, 1.807) is 24.3 Å². The van der Waals surface area contributed by atoms with Gasteiger partial charge in [-0.2, -0.15) is 5.26 Å². The zero-order chi connectivity index (χ0) is 15.6. The minimum Gasteiger partial charge on any atom is -0.338 e. The van der Waals surface area contributed by atoms with E-state index in [-0.39, 0.29) is 16.4 Å². The van der Waals surface area contributed by atoms with E-state index in [4.69, 9.17) is 16.9 Å². The number of halogens is 2. The van der Waals surface area contributed by atoms with Gasteiger partial charge >= 0.3 is 0 Å². The van der Waals surface area contributed by atoms with Crippen LogP contribution in [0.4, 0.5) is 21.5 Å². The molecule has 2 aromatic carbocycles. The van der Waals surface area contributed by atoms with E-state index in [2.05, 4.69) is 0 Å². The number of nitrogens with zero attached hydrogens (tertiary/aromatic N) is 3. The molecule has 21 heavy (non-hydrogen) atoms. The van der Waals surface area contributed by atoms with Gasteiger partial charge in [0.05, 0.1) is 21.2 Å². The average molecular weight is 306 g/mol. The molecule has 0 saturated carbocycles. The summed E-state index contributed by atoms with van der Waals surface area (Å²) in [6, 6.07) is 10.5. The van der Waals surface area contributed by atoms with E-state index in [0.29, 0.717) is 11.3 Å². The van der Waals surface area contributed by atoms with Crippen LogP contribution >= 0.6 is 11.6 Å². The van der Waals surface area contributed by atoms with Crippen molar-refractivity contribution in [3.8, 4) is 6.07 Å². The summed E-state index contributed by atoms with van der Waals surface area (Å²) in [5.41, 5.74) is 0.440. The molecule has 0 aliphatic rings. The van der Waals surface area contributed by atoms with Gasteiger partial charge in [0.2, 0.25) is 0 Å². The maximum absolute atomic E-state index is 13.6. The molecule has 0 atom stereocenters. The zero-order valence-corrected chi connectivity index (χ0v) is 11.6. The third-order valence-corrected chi connectivity index (χ3v) is 3.25. The Morgan fingerprint density at radius 3 is 2.62 bits per heavy atom. The van der Waals surface area contributed by atoms with Crippen molar-refractivity contribution in [2.75, 3.05) is 11.9 Å². The lowest BCUT2D eigenvalue weighted by molar-refractivity contribution is -0.384. The maximum Gasteiger partial charge on any atom is 0.294 e. The lowest BCUT2D eigenvalue weighted by Crippen LogP contribution is -2.13. The number of benzene rings is 2. The Morgan fingerprint density at radius 2 is 2.00 bits per heavy atom. The third-order valence-electron chi connectivity index (χ3n) is 2.96. The van der Waals surface area contributed by atoms with Gasteiger partial charge in [0.15, 0.2) is 0 Å². The van der Waals surface area contributed by atoms with Crippen molar-refractivity contribution < 1.29 is 9.31 Å². The Morgan fingerprint density at radius 1 is 1.33 bits per heavy atom. The molecule has 0 amide bonds. The monoisotopic (exact) mass is 305 g/mol. The molecule has 0 bridgehead atoms. The van der Waals surface area contributed by atoms with Crippen LogP contribution in [-0.4, -0.2) is 12.0 Å². The number of para-hydroxylation sites is 1. The van der Waals surface area contributed by atoms with Crippen LogP contribution in [0, 0.1) is 27.3 Å². The van der Waals surface area contributed by atoms with Crippen molar-refractivity contribution >= 4 is 28.7 Å². The molecular formula is C14H9ClFN3O2. The van der Waals surface area contributed by atoms with Gasteiger partial charge in [0, 0.05) is 19.2 Å². The van der Waals surface area contributed by atoms with Crippen LogP contribution in [-0.2, 0) is 0 Å². The molecule has 0 aliphatic carbocycles. The minimum atomic E-state index is -0.765. The second-order valence-electron chi connectivity index (χ2n) is 4.20. The quantitative estimate of drug-likeness (QED) is 0.634. The Labute approximate surface area is 124 Å². The highest BCUT2D eigenvalue weighted by molar-refractivity contribution is 6.31. The Bertz CT molecular complexity index is 758. The van der Waals surface area contributed by atoms with Gasteiger partial charge < -0.3 is 4.90 Å². The molecule has 0 spiro atoms. The highest BCUT2D eigenvalue weighted by atomic mass is 35.5. The number of hydrogen-bond acceptors (Lipinski definition) is 4. The molecule has 0 fully saturated rings. The van der Waals surface area contributed by atoms with E-state index < -0.39 is 10.7 Å². The van der Waals surface area contributed by atoms with Crippen LogP contribution in [0.5, 0.6) is 0 Å². The lowest BCUT2D eigenvalue weighted by Gasteiger charge is -2.20. The predicted octanol–water partition coefficient (Wildman–Crippen LogP) is 4.03. The molecule has 0 heterocycles. The van der Waals surface area contributed by atoms with Gasteiger partial charge in [-0.25, -0.2) is 4.39 Å². The van der Waals surface area contributed by atoms with Gasteiger partial charge in [0.25, 0.3) is 5.69 Å². The molecular weight excluding hydrogens is 297 g/mol. The maximum atomic E-state index is 13.6. The first kappa shape index (κ1) is 14.8. The first-order valence-electron chi connectivity index (χ1n) is 5.82. The molecule has 7 heteroatoms. The largest absolute Gasteiger partial charge is 0.338 e. The van der Waals surface area contributed by atoms with Crippen molar-refractivity contribution in [1.29, 1.82) is 5.26 Å². The van der Waals surface area contributed by atoms with Crippen molar-refractivity contribution in [1.82, 2.24) is 0 Å². The summed E-state index contributed by atoms with van der Waals surface area (Å²) in [6.45, 7) is 0. The van der Waals surface area contributed by atoms with Crippen LogP contribution in [0.1, 0.15) is 5.56 Å². The molecule has 2 aromatic rings. The van der Waals surface area contributed by atoms with Crippen molar-refractivity contribution in [3.63, 3.8) is 0 Å². The minimum absolute atomic E-state index is 0.0181. The van der Waals surface area contributed by atoms with Crippen LogP contribution < -0.4 is 4.90 Å². The summed E-state index contributed by atoms with van der Waals surface area (Å²) in [6.07, 6.45) is 0. The van der Waals surface area contributed by atoms with Crippen LogP contribution in [0.2, 0.25) is 5.02 Å². The highest BCUT2D eigenvalue weighted by Crippen LogP contribution is 2.36. The molecule has 0 unspecified atom stereocenters. The SMILES string of the molecule is CN(c1ccccc1C#N)c1cc(F)c(Cl)cc1[N+](=O)[O-]. The molecule has 0 aliphatic heterocycles. The smallest absolute Gasteiger partial charge is 0.294 e. The third kappa shape index (κ3) is 2.78. The molecule has 2 rings (SSSR count). The fraction of sp³-hybridized carbons (Fsp3) is 0.0714. The average Bonchev–Trinajstić information content (AvgIpc) is 2.48. The molecule has 0 radical (unpaired) electrons. The Kier molecular flexibility index (Phi) is 4.05. The van der Waals surface area contributed by atoms with Gasteiger partial charge in [-0.1, -0.05) is 23.7 Å². The highest BCUT2D eigenvalue weighted by Gasteiger charge is 2.22. The van der Waals surface area contributed by atoms with E-state index in [9.17, 15) is 14.5 Å². The number of nitriles is 1. The standard InChI is InChI=1S/C14H9ClFN3O2/c1-18(12-5-3-2-4-9(12)8-17)13-7-11(16)10(15)6-14(13)19(20)21/h2-7H,1H3. The second kappa shape index (κ2) is 5.77. The van der Waals surface area contributed by atoms with Crippen LogP contribution in [0.25, 0.3) is 0 Å². The van der Waals surface area contributed by atoms with Crippen molar-refractivity contribution in [3.05, 3.63) is 62.9 Å². The summed E-state index contributed by atoms with van der Waals surface area (Å²) < 4.78 is 13.6. The molecule has 0 saturated heterocycles. The molecule has 0 N–H and O–H groups in total. The van der Waals surface area contributed by atoms with Gasteiger partial charge in [0.1, 0.15) is 17.6 Å². The van der Waals surface area contributed by atoms with Crippen LogP contribution in [0.3, 0.4) is 0 Å². The summed E-state index contributed by atoms with van der Waals surface area (Å²) >= 11 is 5.59. The fourth-order valence-electron chi connectivity index (χ4n) is 1.93. The first-order valence-corrected chi connectivity index (χ1v) is 6.19. The normalized spacial score (nSPS) is 10.0. The Balaban J connectivity index is 2.63. The van der Waals surface area contributed by atoms with Gasteiger partial charge in [-0.15, -0.1) is 0 Å². The molecule has 106 valence electrons. The van der Waals surface area contributed by atoms with Gasteiger partial charge in [-0.3, -0.25) is 10.1 Å². The number of hydrogen-bond donors (Lipinski definition) is 0. The predicted molar refractivity (Wildman–Crippen MR) is 77.3 cm³/mol. The zero-order valence-electron chi connectivity index (χ0n) is 10.9. The number of nitro groups is 1. The van der Waals surface area contributed by atoms with Crippen molar-refractivity contribution in [2.24, 2.45) is 0 Å². The van der Waals surface area contributed by atoms with Gasteiger partial charge in [-0.05, 0) is 12.1 Å². The topological polar surface area (TPSA) is 70.2 Å². The second-order valence-corrected chi connectivity index (χ2v) is 4.61. The summed E-state index contributed by atoms with van der Waals surface area (Å²) in [4.78, 5) is 11.8. The van der Waals surface area contributed by atoms with E-state index in [1.807, 2.05) is 6.07 Å². The van der Waals surface area contributed by atoms with E-state index >= 15 is 0 Å². The van der Waals surface area contributed by atoms with Crippen molar-refractivity contribution in [2.45, 2.75) is 0 Å². The number of nitro benzene ring substituents is 1. The molecule has 5 nitrogen and oxygen atoms in total. The Hall–Kier alpha value is -2.65. The lowest BCUT2D eigenvalue weighted by atomic mass is 10.1. The summed E-state index contributed by atoms with van der Waals surface area (Å²) in [5, 5.41) is 19.9. The number of anilines is 2. The first-order chi connectivity index (χ1) is 9.95. The fourth-order valence-corrected chi connectivity index (χ4v) is 2.09. The van der Waals surface area contributed by atoms with E-state index in [1.165, 1.54) is 11.9 Å². The summed E-state index contributed by atoms with van der Waals surface area (Å²) in [7, 11) is 1.52. The summed E-state index contributed by atoms with van der Waals surface area (Å²) in [5.74, 6) is -0.765. The number of rotatable bonds is 3. The van der Waals surface area contributed by atoms with E-state index in [0.717, 1.165) is 12.1 Å².